The summed E-state index contributed by atoms with van der Waals surface area (Å²) in [5.74, 6) is -4.19. The lowest BCUT2D eigenvalue weighted by molar-refractivity contribution is -0.123. The molecule has 0 bridgehead atoms. The summed E-state index contributed by atoms with van der Waals surface area (Å²) in [7, 11) is 1.53. The SMILES string of the molecule is COc1cc(/C=C2\N/C(=N\CCO)N(C(C)c3cc(F)c(F)c(F)c3)C2=O)ccc1-n1cnc(C)c1. The van der Waals surface area contributed by atoms with Crippen LogP contribution in [0.3, 0.4) is 0 Å². The Morgan fingerprint density at radius 3 is 2.56 bits per heavy atom. The van der Waals surface area contributed by atoms with Gasteiger partial charge in [0.15, 0.2) is 17.5 Å². The molecule has 2 N–H and O–H groups in total. The Morgan fingerprint density at radius 1 is 1.22 bits per heavy atom. The number of hydrogen-bond acceptors (Lipinski definition) is 5. The molecule has 1 aromatic heterocycles. The number of carbonyl (C=O) groups excluding carboxylic acids is 1. The Hall–Kier alpha value is -4.12. The molecule has 8 nitrogen and oxygen atoms in total. The highest BCUT2D eigenvalue weighted by Crippen LogP contribution is 2.30. The van der Waals surface area contributed by atoms with Gasteiger partial charge in [0.2, 0.25) is 5.96 Å². The molecule has 0 radical (unpaired) electrons. The zero-order valence-corrected chi connectivity index (χ0v) is 19.8. The Kier molecular flexibility index (Phi) is 7.11. The van der Waals surface area contributed by atoms with Crippen LogP contribution in [-0.4, -0.2) is 51.7 Å². The van der Waals surface area contributed by atoms with Crippen LogP contribution in [0.25, 0.3) is 11.8 Å². The number of amides is 1. The molecule has 1 aliphatic rings. The molecule has 188 valence electrons. The number of halogens is 3. The smallest absolute Gasteiger partial charge is 0.277 e. The van der Waals surface area contributed by atoms with Gasteiger partial charge in [-0.3, -0.25) is 14.7 Å². The van der Waals surface area contributed by atoms with E-state index in [1.807, 2.05) is 23.8 Å². The third kappa shape index (κ3) is 4.82. The van der Waals surface area contributed by atoms with Gasteiger partial charge in [-0.05, 0) is 55.3 Å². The number of carbonyl (C=O) groups is 1. The number of benzene rings is 2. The first-order valence-corrected chi connectivity index (χ1v) is 11.0. The molecule has 11 heteroatoms. The van der Waals surface area contributed by atoms with Crippen molar-refractivity contribution in [3.63, 3.8) is 0 Å². The van der Waals surface area contributed by atoms with E-state index in [1.54, 1.807) is 24.5 Å². The van der Waals surface area contributed by atoms with E-state index < -0.39 is 29.4 Å². The second-order valence-electron chi connectivity index (χ2n) is 8.12. The summed E-state index contributed by atoms with van der Waals surface area (Å²) in [5, 5.41) is 12.1. The fourth-order valence-corrected chi connectivity index (χ4v) is 3.87. The van der Waals surface area contributed by atoms with E-state index in [4.69, 9.17) is 4.74 Å². The number of nitrogens with one attached hydrogen (secondary N) is 1. The first kappa shape index (κ1) is 25.0. The lowest BCUT2D eigenvalue weighted by Gasteiger charge is -2.24. The second kappa shape index (κ2) is 10.2. The van der Waals surface area contributed by atoms with Gasteiger partial charge in [0, 0.05) is 6.20 Å². The van der Waals surface area contributed by atoms with Crippen molar-refractivity contribution in [2.45, 2.75) is 19.9 Å². The van der Waals surface area contributed by atoms with Crippen molar-refractivity contribution < 1.29 is 27.8 Å². The van der Waals surface area contributed by atoms with Crippen LogP contribution in [0.1, 0.15) is 29.8 Å². The molecule has 1 atom stereocenters. The van der Waals surface area contributed by atoms with Crippen LogP contribution in [-0.2, 0) is 4.79 Å². The van der Waals surface area contributed by atoms with Crippen LogP contribution in [0.4, 0.5) is 13.2 Å². The maximum absolute atomic E-state index is 13.9. The second-order valence-corrected chi connectivity index (χ2v) is 8.12. The highest BCUT2D eigenvalue weighted by molar-refractivity contribution is 6.15. The summed E-state index contributed by atoms with van der Waals surface area (Å²) in [5.41, 5.74) is 2.43. The molecule has 1 fully saturated rings. The predicted octanol–water partition coefficient (Wildman–Crippen LogP) is 3.49. The number of guanidine groups is 1. The van der Waals surface area contributed by atoms with E-state index in [0.717, 1.165) is 23.5 Å². The molecule has 1 aliphatic heterocycles. The van der Waals surface area contributed by atoms with E-state index in [9.17, 15) is 23.1 Å². The van der Waals surface area contributed by atoms with Gasteiger partial charge in [-0.1, -0.05) is 6.07 Å². The van der Waals surface area contributed by atoms with E-state index in [2.05, 4.69) is 15.3 Å². The monoisotopic (exact) mass is 499 g/mol. The van der Waals surface area contributed by atoms with Gasteiger partial charge < -0.3 is 19.7 Å². The zero-order valence-electron chi connectivity index (χ0n) is 19.8. The van der Waals surface area contributed by atoms with Gasteiger partial charge in [0.25, 0.3) is 5.91 Å². The number of aliphatic imine (C=N–C) groups is 1. The van der Waals surface area contributed by atoms with E-state index in [0.29, 0.717) is 11.3 Å². The number of methoxy groups -OCH3 is 1. The maximum atomic E-state index is 13.9. The highest BCUT2D eigenvalue weighted by atomic mass is 19.2. The van der Waals surface area contributed by atoms with Crippen molar-refractivity contribution in [3.05, 3.63) is 82.8 Å². The lowest BCUT2D eigenvalue weighted by Crippen LogP contribution is -2.35. The van der Waals surface area contributed by atoms with Gasteiger partial charge in [0.1, 0.15) is 11.4 Å². The van der Waals surface area contributed by atoms with E-state index in [-0.39, 0.29) is 30.4 Å². The fraction of sp³-hybridized carbons (Fsp3) is 0.240. The first-order chi connectivity index (χ1) is 17.2. The lowest BCUT2D eigenvalue weighted by atomic mass is 10.1. The van der Waals surface area contributed by atoms with Crippen LogP contribution in [0.2, 0.25) is 0 Å². The van der Waals surface area contributed by atoms with Crippen molar-refractivity contribution in [3.8, 4) is 11.4 Å². The maximum Gasteiger partial charge on any atom is 0.277 e. The fourth-order valence-electron chi connectivity index (χ4n) is 3.87. The van der Waals surface area contributed by atoms with Gasteiger partial charge in [-0.2, -0.15) is 0 Å². The molecule has 4 rings (SSSR count). The van der Waals surface area contributed by atoms with Gasteiger partial charge in [-0.25, -0.2) is 18.2 Å². The molecule has 0 aliphatic carbocycles. The quantitative estimate of drug-likeness (QED) is 0.384. The summed E-state index contributed by atoms with van der Waals surface area (Å²) in [6, 6.07) is 6.13. The molecule has 3 aromatic rings. The summed E-state index contributed by atoms with van der Waals surface area (Å²) >= 11 is 0. The highest BCUT2D eigenvalue weighted by Gasteiger charge is 2.36. The largest absolute Gasteiger partial charge is 0.495 e. The van der Waals surface area contributed by atoms with Gasteiger partial charge in [-0.15, -0.1) is 0 Å². The molecule has 1 amide bonds. The number of aliphatic hydroxyl groups is 1. The number of rotatable bonds is 7. The van der Waals surface area contributed by atoms with Crippen molar-refractivity contribution in [2.24, 2.45) is 4.99 Å². The minimum Gasteiger partial charge on any atom is -0.495 e. The number of imidazole rings is 1. The normalized spacial score (nSPS) is 16.6. The Bertz CT molecular complexity index is 1350. The Labute approximate surface area is 205 Å². The number of aryl methyl sites for hydroxylation is 1. The molecule has 2 aromatic carbocycles. The summed E-state index contributed by atoms with van der Waals surface area (Å²) in [4.78, 5) is 22.9. The van der Waals surface area contributed by atoms with Crippen LogP contribution in [0, 0.1) is 24.4 Å². The molecular weight excluding hydrogens is 475 g/mol. The third-order valence-electron chi connectivity index (χ3n) is 5.67. The summed E-state index contributed by atoms with van der Waals surface area (Å²) in [6.07, 6.45) is 5.10. The first-order valence-electron chi connectivity index (χ1n) is 11.0. The van der Waals surface area contributed by atoms with E-state index in [1.165, 1.54) is 18.9 Å². The zero-order chi connectivity index (χ0) is 26.0. The van der Waals surface area contributed by atoms with Crippen molar-refractivity contribution in [1.82, 2.24) is 19.8 Å². The standard InChI is InChI=1S/C25H24F3N5O3/c1-14-12-32(13-30-14)21-5-4-16(9-22(21)36-3)8-20-24(35)33(25(31-20)29-6-7-34)15(2)17-10-18(26)23(28)19(27)11-17/h4-5,8-13,15,34H,6-7H2,1-3H3,(H,29,31)/b20-8-. The van der Waals surface area contributed by atoms with Crippen LogP contribution in [0.5, 0.6) is 5.75 Å². The Morgan fingerprint density at radius 2 is 1.94 bits per heavy atom. The summed E-state index contributed by atoms with van der Waals surface area (Å²) in [6.45, 7) is 3.13. The average Bonchev–Trinajstić information content (AvgIpc) is 3.43. The van der Waals surface area contributed by atoms with Crippen molar-refractivity contribution in [2.75, 3.05) is 20.3 Å². The number of nitrogens with zero attached hydrogens (tertiary/aromatic N) is 4. The molecular formula is C25H24F3N5O3. The van der Waals surface area contributed by atoms with Crippen LogP contribution in [0.15, 0.2) is 53.5 Å². The molecule has 1 unspecified atom stereocenters. The minimum absolute atomic E-state index is 0.00883. The number of hydrogen-bond donors (Lipinski definition) is 2. The molecule has 36 heavy (non-hydrogen) atoms. The topological polar surface area (TPSA) is 92.0 Å². The van der Waals surface area contributed by atoms with E-state index >= 15 is 0 Å². The van der Waals surface area contributed by atoms with Crippen LogP contribution < -0.4 is 10.1 Å². The predicted molar refractivity (Wildman–Crippen MR) is 127 cm³/mol. The molecule has 1 saturated heterocycles. The van der Waals surface area contributed by atoms with Crippen molar-refractivity contribution in [1.29, 1.82) is 0 Å². The molecule has 2 heterocycles. The van der Waals surface area contributed by atoms with Crippen molar-refractivity contribution >= 4 is 17.9 Å². The average molecular weight is 499 g/mol. The van der Waals surface area contributed by atoms with Gasteiger partial charge >= 0.3 is 0 Å². The van der Waals surface area contributed by atoms with Gasteiger partial charge in [0.05, 0.1) is 44.0 Å². The third-order valence-corrected chi connectivity index (χ3v) is 5.67. The number of aromatic nitrogens is 2. The minimum atomic E-state index is -1.59. The Balaban J connectivity index is 1.69. The number of aliphatic hydroxyl groups excluding tert-OH is 1. The van der Waals surface area contributed by atoms with Crippen LogP contribution >= 0.6 is 0 Å². The molecule has 0 saturated carbocycles. The summed E-state index contributed by atoms with van der Waals surface area (Å²) < 4.78 is 48.5. The number of ether oxygens (including phenoxy) is 1. The molecule has 0 spiro atoms.